The van der Waals surface area contributed by atoms with E-state index in [2.05, 4.69) is 10.3 Å². The first-order valence-corrected chi connectivity index (χ1v) is 9.42. The van der Waals surface area contributed by atoms with Crippen molar-refractivity contribution in [1.82, 2.24) is 10.3 Å². The fourth-order valence-electron chi connectivity index (χ4n) is 3.20. The molecule has 146 valence electrons. The number of fused-ring (bicyclic) bond motifs is 1. The van der Waals surface area contributed by atoms with Crippen LogP contribution in [0.3, 0.4) is 0 Å². The van der Waals surface area contributed by atoms with Crippen LogP contribution in [-0.4, -0.2) is 23.3 Å². The molecule has 0 radical (unpaired) electrons. The summed E-state index contributed by atoms with van der Waals surface area (Å²) in [6.07, 6.45) is 0.771. The molecule has 6 heteroatoms. The molecule has 1 N–H and O–H groups in total. The summed E-state index contributed by atoms with van der Waals surface area (Å²) in [6, 6.07) is 20.7. The standard InChI is InChI=1S/C23H21N3O3/c1-16-9-11-17(12-10-16)14-25-20(27)15-26-22-19(8-5-13-24-22)29-21(23(26)28)18-6-3-2-4-7-18/h2-13,21H,14-15H2,1H3,(H,25,27)/t21-/m1/s1. The first-order valence-electron chi connectivity index (χ1n) is 9.42. The first kappa shape index (κ1) is 18.7. The second kappa shape index (κ2) is 8.14. The summed E-state index contributed by atoms with van der Waals surface area (Å²) < 4.78 is 5.90. The van der Waals surface area contributed by atoms with E-state index in [-0.39, 0.29) is 18.4 Å². The lowest BCUT2D eigenvalue weighted by Crippen LogP contribution is -2.46. The molecule has 1 aliphatic rings. The van der Waals surface area contributed by atoms with Crippen LogP contribution in [-0.2, 0) is 16.1 Å². The Bertz CT molecular complexity index is 1020. The van der Waals surface area contributed by atoms with Crippen molar-refractivity contribution in [1.29, 1.82) is 0 Å². The molecule has 2 amide bonds. The van der Waals surface area contributed by atoms with Crippen molar-refractivity contribution in [3.8, 4) is 5.75 Å². The third kappa shape index (κ3) is 4.11. The lowest BCUT2D eigenvalue weighted by atomic mass is 10.1. The Labute approximate surface area is 169 Å². The Kier molecular flexibility index (Phi) is 5.24. The predicted molar refractivity (Wildman–Crippen MR) is 109 cm³/mol. The summed E-state index contributed by atoms with van der Waals surface area (Å²) in [5, 5.41) is 2.87. The van der Waals surface area contributed by atoms with Gasteiger partial charge >= 0.3 is 0 Å². The lowest BCUT2D eigenvalue weighted by molar-refractivity contribution is -0.129. The quantitative estimate of drug-likeness (QED) is 0.730. The lowest BCUT2D eigenvalue weighted by Gasteiger charge is -2.33. The number of aromatic nitrogens is 1. The third-order valence-electron chi connectivity index (χ3n) is 4.76. The second-order valence-electron chi connectivity index (χ2n) is 6.92. The van der Waals surface area contributed by atoms with Crippen molar-refractivity contribution >= 4 is 17.6 Å². The first-order chi connectivity index (χ1) is 14.1. The zero-order valence-corrected chi connectivity index (χ0v) is 16.0. The molecule has 4 rings (SSSR count). The Morgan fingerprint density at radius 1 is 1.07 bits per heavy atom. The maximum absolute atomic E-state index is 13.1. The van der Waals surface area contributed by atoms with E-state index < -0.39 is 6.10 Å². The highest BCUT2D eigenvalue weighted by atomic mass is 16.5. The monoisotopic (exact) mass is 387 g/mol. The van der Waals surface area contributed by atoms with E-state index in [4.69, 9.17) is 4.74 Å². The van der Waals surface area contributed by atoms with Crippen LogP contribution in [0.15, 0.2) is 72.9 Å². The van der Waals surface area contributed by atoms with E-state index >= 15 is 0 Å². The Hall–Kier alpha value is -3.67. The molecule has 0 saturated heterocycles. The van der Waals surface area contributed by atoms with Gasteiger partial charge in [-0.2, -0.15) is 0 Å². The Morgan fingerprint density at radius 2 is 1.83 bits per heavy atom. The van der Waals surface area contributed by atoms with E-state index in [1.54, 1.807) is 18.3 Å². The summed E-state index contributed by atoms with van der Waals surface area (Å²) in [7, 11) is 0. The summed E-state index contributed by atoms with van der Waals surface area (Å²) in [5.41, 5.74) is 2.89. The SMILES string of the molecule is Cc1ccc(CNC(=O)CN2C(=O)[C@@H](c3ccccc3)Oc3cccnc32)cc1. The molecule has 1 aliphatic heterocycles. The number of aryl methyl sites for hydroxylation is 1. The average Bonchev–Trinajstić information content (AvgIpc) is 2.76. The molecule has 3 aromatic rings. The van der Waals surface area contributed by atoms with Gasteiger partial charge in [-0.15, -0.1) is 0 Å². The number of benzene rings is 2. The van der Waals surface area contributed by atoms with Gasteiger partial charge in [-0.25, -0.2) is 4.98 Å². The molecule has 0 bridgehead atoms. The molecular weight excluding hydrogens is 366 g/mol. The zero-order valence-electron chi connectivity index (χ0n) is 16.0. The largest absolute Gasteiger partial charge is 0.472 e. The maximum atomic E-state index is 13.1. The van der Waals surface area contributed by atoms with Gasteiger partial charge in [0.2, 0.25) is 12.0 Å². The van der Waals surface area contributed by atoms with Crippen LogP contribution in [0.1, 0.15) is 22.8 Å². The molecule has 2 heterocycles. The van der Waals surface area contributed by atoms with E-state index in [1.807, 2.05) is 61.5 Å². The molecule has 0 aliphatic carbocycles. The van der Waals surface area contributed by atoms with Crippen molar-refractivity contribution in [2.45, 2.75) is 19.6 Å². The highest BCUT2D eigenvalue weighted by Gasteiger charge is 2.37. The molecule has 0 saturated carbocycles. The minimum absolute atomic E-state index is 0.124. The second-order valence-corrected chi connectivity index (χ2v) is 6.92. The van der Waals surface area contributed by atoms with Gasteiger partial charge in [-0.3, -0.25) is 14.5 Å². The number of carbonyl (C=O) groups excluding carboxylic acids is 2. The summed E-state index contributed by atoms with van der Waals surface area (Å²) >= 11 is 0. The average molecular weight is 387 g/mol. The smallest absolute Gasteiger partial charge is 0.274 e. The van der Waals surface area contributed by atoms with Gasteiger partial charge in [0.1, 0.15) is 6.54 Å². The van der Waals surface area contributed by atoms with E-state index in [0.29, 0.717) is 18.1 Å². The minimum Gasteiger partial charge on any atom is -0.472 e. The fourth-order valence-corrected chi connectivity index (χ4v) is 3.20. The number of nitrogens with zero attached hydrogens (tertiary/aromatic N) is 2. The van der Waals surface area contributed by atoms with E-state index in [9.17, 15) is 9.59 Å². The number of rotatable bonds is 5. The van der Waals surface area contributed by atoms with Crippen molar-refractivity contribution in [2.75, 3.05) is 11.4 Å². The predicted octanol–water partition coefficient (Wildman–Crippen LogP) is 3.17. The number of amides is 2. The van der Waals surface area contributed by atoms with E-state index in [0.717, 1.165) is 16.7 Å². The molecule has 0 fully saturated rings. The Morgan fingerprint density at radius 3 is 2.59 bits per heavy atom. The molecule has 0 spiro atoms. The van der Waals surface area contributed by atoms with Gasteiger partial charge in [0.15, 0.2) is 11.6 Å². The van der Waals surface area contributed by atoms with Gasteiger partial charge in [-0.05, 0) is 24.6 Å². The van der Waals surface area contributed by atoms with Crippen molar-refractivity contribution in [2.24, 2.45) is 0 Å². The van der Waals surface area contributed by atoms with Gasteiger partial charge in [0, 0.05) is 18.3 Å². The number of pyridine rings is 1. The van der Waals surface area contributed by atoms with Crippen molar-refractivity contribution in [3.63, 3.8) is 0 Å². The highest BCUT2D eigenvalue weighted by molar-refractivity contribution is 6.03. The molecule has 6 nitrogen and oxygen atoms in total. The molecule has 1 atom stereocenters. The topological polar surface area (TPSA) is 71.5 Å². The minimum atomic E-state index is -0.808. The number of nitrogens with one attached hydrogen (secondary N) is 1. The van der Waals surface area contributed by atoms with Crippen LogP contribution in [0.4, 0.5) is 5.82 Å². The third-order valence-corrected chi connectivity index (χ3v) is 4.76. The Balaban J connectivity index is 1.52. The van der Waals surface area contributed by atoms with Crippen LogP contribution < -0.4 is 15.0 Å². The van der Waals surface area contributed by atoms with Crippen molar-refractivity contribution < 1.29 is 14.3 Å². The molecule has 29 heavy (non-hydrogen) atoms. The van der Waals surface area contributed by atoms with Gasteiger partial charge in [0.25, 0.3) is 5.91 Å². The molecule has 2 aromatic carbocycles. The maximum Gasteiger partial charge on any atom is 0.274 e. The van der Waals surface area contributed by atoms with Crippen LogP contribution in [0.25, 0.3) is 0 Å². The van der Waals surface area contributed by atoms with Crippen LogP contribution >= 0.6 is 0 Å². The van der Waals surface area contributed by atoms with Gasteiger partial charge < -0.3 is 10.1 Å². The molecule has 1 aromatic heterocycles. The van der Waals surface area contributed by atoms with Gasteiger partial charge in [-0.1, -0.05) is 60.2 Å². The number of hydrogen-bond acceptors (Lipinski definition) is 4. The van der Waals surface area contributed by atoms with Crippen LogP contribution in [0.2, 0.25) is 0 Å². The summed E-state index contributed by atoms with van der Waals surface area (Å²) in [5.74, 6) is 0.264. The number of ether oxygens (including phenoxy) is 1. The number of anilines is 1. The summed E-state index contributed by atoms with van der Waals surface area (Å²) in [4.78, 5) is 31.3. The van der Waals surface area contributed by atoms with Gasteiger partial charge in [0.05, 0.1) is 0 Å². The normalized spacial score (nSPS) is 15.4. The number of hydrogen-bond donors (Lipinski definition) is 1. The van der Waals surface area contributed by atoms with E-state index in [1.165, 1.54) is 4.90 Å². The molecular formula is C23H21N3O3. The van der Waals surface area contributed by atoms with Crippen LogP contribution in [0.5, 0.6) is 5.75 Å². The van der Waals surface area contributed by atoms with Crippen LogP contribution in [0, 0.1) is 6.92 Å². The van der Waals surface area contributed by atoms with Crippen molar-refractivity contribution in [3.05, 3.63) is 89.6 Å². The molecule has 0 unspecified atom stereocenters. The zero-order chi connectivity index (χ0) is 20.2. The fraction of sp³-hybridized carbons (Fsp3) is 0.174. The number of carbonyl (C=O) groups is 2. The highest BCUT2D eigenvalue weighted by Crippen LogP contribution is 2.36. The summed E-state index contributed by atoms with van der Waals surface area (Å²) in [6.45, 7) is 2.29.